The summed E-state index contributed by atoms with van der Waals surface area (Å²) in [6, 6.07) is 9.37. The highest BCUT2D eigenvalue weighted by Gasteiger charge is 2.51. The average Bonchev–Trinajstić information content (AvgIpc) is 3.13. The lowest BCUT2D eigenvalue weighted by atomic mass is 9.57. The Hall–Kier alpha value is -2.86. The lowest BCUT2D eigenvalue weighted by molar-refractivity contribution is -0.119. The van der Waals surface area contributed by atoms with Crippen molar-refractivity contribution in [3.8, 4) is 11.5 Å². The van der Waals surface area contributed by atoms with Crippen molar-refractivity contribution in [2.45, 2.75) is 58.7 Å². The van der Waals surface area contributed by atoms with Gasteiger partial charge in [0, 0.05) is 45.2 Å². The maximum absolute atomic E-state index is 13.2. The number of nitrogens with zero attached hydrogens (tertiary/aromatic N) is 2. The summed E-state index contributed by atoms with van der Waals surface area (Å²) in [6.07, 6.45) is 4.14. The molecule has 6 nitrogen and oxygen atoms in total. The SMILES string of the molecule is CC(C)c1cc(C(=O)N2Cc3ccc(CN4CC5(CC(CC=O)C5)C4)cc3C2)c(O)cc1O. The molecule has 0 atom stereocenters. The monoisotopic (exact) mass is 448 g/mol. The molecule has 1 saturated carbocycles. The summed E-state index contributed by atoms with van der Waals surface area (Å²) < 4.78 is 0. The largest absolute Gasteiger partial charge is 0.508 e. The van der Waals surface area contributed by atoms with Gasteiger partial charge >= 0.3 is 0 Å². The summed E-state index contributed by atoms with van der Waals surface area (Å²) in [5.74, 6) is 0.260. The van der Waals surface area contributed by atoms with Gasteiger partial charge < -0.3 is 19.9 Å². The number of aromatic hydroxyl groups is 2. The highest BCUT2D eigenvalue weighted by molar-refractivity contribution is 5.97. The van der Waals surface area contributed by atoms with Gasteiger partial charge in [0.2, 0.25) is 0 Å². The van der Waals surface area contributed by atoms with Crippen LogP contribution in [0.15, 0.2) is 30.3 Å². The van der Waals surface area contributed by atoms with E-state index < -0.39 is 0 Å². The smallest absolute Gasteiger partial charge is 0.258 e. The molecule has 0 radical (unpaired) electrons. The van der Waals surface area contributed by atoms with E-state index in [2.05, 4.69) is 23.1 Å². The fraction of sp³-hybridized carbons (Fsp3) is 0.481. The number of carbonyl (C=O) groups is 2. The molecule has 1 aliphatic carbocycles. The summed E-state index contributed by atoms with van der Waals surface area (Å²) in [5, 5.41) is 20.4. The van der Waals surface area contributed by atoms with Gasteiger partial charge in [0.05, 0.1) is 5.56 Å². The molecule has 6 heteroatoms. The van der Waals surface area contributed by atoms with Crippen LogP contribution in [0.25, 0.3) is 0 Å². The summed E-state index contributed by atoms with van der Waals surface area (Å²) >= 11 is 0. The Balaban J connectivity index is 1.22. The number of phenols is 2. The van der Waals surface area contributed by atoms with Crippen molar-refractivity contribution >= 4 is 12.2 Å². The normalized spacial score (nSPS) is 19.4. The Labute approximate surface area is 194 Å². The molecule has 174 valence electrons. The number of fused-ring (bicyclic) bond motifs is 1. The zero-order valence-electron chi connectivity index (χ0n) is 19.4. The number of likely N-dealkylation sites (tertiary alicyclic amines) is 1. The van der Waals surface area contributed by atoms with E-state index in [-0.39, 0.29) is 28.9 Å². The van der Waals surface area contributed by atoms with Crippen LogP contribution in [0.3, 0.4) is 0 Å². The zero-order chi connectivity index (χ0) is 23.3. The minimum absolute atomic E-state index is 0.0161. The Morgan fingerprint density at radius 3 is 2.52 bits per heavy atom. The number of hydrogen-bond acceptors (Lipinski definition) is 5. The molecule has 0 unspecified atom stereocenters. The molecule has 0 aromatic heterocycles. The first-order valence-electron chi connectivity index (χ1n) is 11.9. The number of amides is 1. The van der Waals surface area contributed by atoms with Crippen molar-refractivity contribution in [1.29, 1.82) is 0 Å². The van der Waals surface area contributed by atoms with Crippen molar-refractivity contribution in [2.75, 3.05) is 13.1 Å². The van der Waals surface area contributed by atoms with Crippen LogP contribution in [-0.2, 0) is 24.4 Å². The van der Waals surface area contributed by atoms with E-state index in [1.54, 1.807) is 11.0 Å². The fourth-order valence-electron chi connectivity index (χ4n) is 6.09. The van der Waals surface area contributed by atoms with E-state index in [1.807, 2.05) is 13.8 Å². The summed E-state index contributed by atoms with van der Waals surface area (Å²) in [5.41, 5.74) is 4.92. The predicted octanol–water partition coefficient (Wildman–Crippen LogP) is 4.18. The van der Waals surface area contributed by atoms with Crippen LogP contribution in [0.1, 0.15) is 71.6 Å². The maximum Gasteiger partial charge on any atom is 0.258 e. The third-order valence-corrected chi connectivity index (χ3v) is 7.67. The van der Waals surface area contributed by atoms with E-state index in [4.69, 9.17) is 0 Å². The molecule has 2 fully saturated rings. The third kappa shape index (κ3) is 4.01. The number of phenolic OH excluding ortho intramolecular Hbond substituents is 2. The van der Waals surface area contributed by atoms with Crippen LogP contribution in [0.5, 0.6) is 11.5 Å². The van der Waals surface area contributed by atoms with Gasteiger partial charge in [-0.05, 0) is 58.4 Å². The van der Waals surface area contributed by atoms with Gasteiger partial charge in [0.25, 0.3) is 5.91 Å². The minimum atomic E-state index is -0.216. The van der Waals surface area contributed by atoms with Gasteiger partial charge in [0.1, 0.15) is 17.8 Å². The van der Waals surface area contributed by atoms with Crippen LogP contribution in [0, 0.1) is 11.3 Å². The summed E-state index contributed by atoms with van der Waals surface area (Å²) in [6.45, 7) is 8.08. The van der Waals surface area contributed by atoms with Crippen molar-refractivity contribution < 1.29 is 19.8 Å². The second-order valence-electron chi connectivity index (χ2n) is 10.7. The summed E-state index contributed by atoms with van der Waals surface area (Å²) in [4.78, 5) is 28.1. The summed E-state index contributed by atoms with van der Waals surface area (Å²) in [7, 11) is 0. The standard InChI is InChI=1S/C27H32N2O4/c1-17(2)22-8-23(25(32)9-24(22)31)26(33)29-13-20-4-3-18(7-21(20)14-29)12-28-15-27(16-28)10-19(11-27)5-6-30/h3-4,6-9,17,19,31-32H,5,10-16H2,1-2H3. The topological polar surface area (TPSA) is 81.1 Å². The Kier molecular flexibility index (Phi) is 5.44. The van der Waals surface area contributed by atoms with E-state index in [0.717, 1.165) is 37.0 Å². The van der Waals surface area contributed by atoms with Crippen LogP contribution >= 0.6 is 0 Å². The van der Waals surface area contributed by atoms with Crippen LogP contribution in [-0.4, -0.2) is 45.3 Å². The van der Waals surface area contributed by atoms with E-state index in [9.17, 15) is 19.8 Å². The van der Waals surface area contributed by atoms with Crippen molar-refractivity contribution in [1.82, 2.24) is 9.80 Å². The molecule has 1 amide bonds. The van der Waals surface area contributed by atoms with Gasteiger partial charge in [-0.2, -0.15) is 0 Å². The number of hydrogen-bond donors (Lipinski definition) is 2. The van der Waals surface area contributed by atoms with E-state index >= 15 is 0 Å². The number of aldehydes is 1. The quantitative estimate of drug-likeness (QED) is 0.648. The van der Waals surface area contributed by atoms with Gasteiger partial charge in [-0.25, -0.2) is 0 Å². The van der Waals surface area contributed by atoms with E-state index in [1.165, 1.54) is 24.5 Å². The molecule has 3 aliphatic rings. The van der Waals surface area contributed by atoms with Gasteiger partial charge in [0.15, 0.2) is 0 Å². The molecule has 2 aliphatic heterocycles. The van der Waals surface area contributed by atoms with E-state index in [0.29, 0.717) is 36.4 Å². The first kappa shape index (κ1) is 22.0. The lowest BCUT2D eigenvalue weighted by Gasteiger charge is -2.59. The molecule has 2 aromatic rings. The van der Waals surface area contributed by atoms with Crippen LogP contribution < -0.4 is 0 Å². The van der Waals surface area contributed by atoms with Crippen molar-refractivity contribution in [3.05, 3.63) is 58.1 Å². The number of benzene rings is 2. The highest BCUT2D eigenvalue weighted by atomic mass is 16.3. The van der Waals surface area contributed by atoms with Gasteiger partial charge in [-0.1, -0.05) is 32.0 Å². The Morgan fingerprint density at radius 1 is 1.09 bits per heavy atom. The highest BCUT2D eigenvalue weighted by Crippen LogP contribution is 2.53. The van der Waals surface area contributed by atoms with Crippen molar-refractivity contribution in [2.24, 2.45) is 11.3 Å². The van der Waals surface area contributed by atoms with Crippen LogP contribution in [0.4, 0.5) is 0 Å². The Morgan fingerprint density at radius 2 is 1.82 bits per heavy atom. The number of rotatable bonds is 6. The van der Waals surface area contributed by atoms with Crippen molar-refractivity contribution in [3.63, 3.8) is 0 Å². The molecule has 1 saturated heterocycles. The molecule has 2 heterocycles. The van der Waals surface area contributed by atoms with Gasteiger partial charge in [-0.15, -0.1) is 0 Å². The lowest BCUT2D eigenvalue weighted by Crippen LogP contribution is -2.61. The first-order valence-corrected chi connectivity index (χ1v) is 11.9. The average molecular weight is 449 g/mol. The number of carbonyl (C=O) groups excluding carboxylic acids is 2. The van der Waals surface area contributed by atoms with Gasteiger partial charge in [-0.3, -0.25) is 9.69 Å². The second-order valence-corrected chi connectivity index (χ2v) is 10.7. The predicted molar refractivity (Wildman–Crippen MR) is 125 cm³/mol. The zero-order valence-corrected chi connectivity index (χ0v) is 19.4. The second kappa shape index (κ2) is 8.17. The molecular formula is C27H32N2O4. The molecule has 1 spiro atoms. The molecular weight excluding hydrogens is 416 g/mol. The maximum atomic E-state index is 13.2. The Bertz CT molecular complexity index is 1100. The minimum Gasteiger partial charge on any atom is -0.508 e. The third-order valence-electron chi connectivity index (χ3n) is 7.67. The molecule has 2 N–H and O–H groups in total. The first-order chi connectivity index (χ1) is 15.8. The molecule has 5 rings (SSSR count). The molecule has 2 aromatic carbocycles. The molecule has 0 bridgehead atoms. The molecule has 33 heavy (non-hydrogen) atoms. The van der Waals surface area contributed by atoms with Crippen LogP contribution in [0.2, 0.25) is 0 Å². The fourth-order valence-corrected chi connectivity index (χ4v) is 6.09.